The van der Waals surface area contributed by atoms with Crippen LogP contribution in [0.25, 0.3) is 10.9 Å². The second-order valence-corrected chi connectivity index (χ2v) is 6.16. The number of hydrogen-bond acceptors (Lipinski definition) is 3. The summed E-state index contributed by atoms with van der Waals surface area (Å²) in [6, 6.07) is 3.47. The van der Waals surface area contributed by atoms with Crippen LogP contribution < -0.4 is 11.3 Å². The SMILES string of the molecule is Cc1cc(C(C)N)c2nc(C3(F)CCC3)n(C)c(=O)c2c1. The molecule has 0 amide bonds. The fraction of sp³-hybridized carbons (Fsp3) is 0.500. The molecule has 2 N–H and O–H groups in total. The molecule has 1 atom stereocenters. The van der Waals surface area contributed by atoms with Crippen LogP contribution in [0.5, 0.6) is 0 Å². The third-order valence-corrected chi connectivity index (χ3v) is 4.39. The Morgan fingerprint density at radius 1 is 1.43 bits per heavy atom. The number of nitrogens with zero attached hydrogens (tertiary/aromatic N) is 2. The van der Waals surface area contributed by atoms with Crippen LogP contribution in [-0.4, -0.2) is 9.55 Å². The first kappa shape index (κ1) is 14.2. The lowest BCUT2D eigenvalue weighted by Gasteiger charge is -2.34. The van der Waals surface area contributed by atoms with Crippen molar-refractivity contribution in [2.45, 2.75) is 44.8 Å². The van der Waals surface area contributed by atoms with E-state index in [9.17, 15) is 9.18 Å². The maximum Gasteiger partial charge on any atom is 0.261 e. The first-order chi connectivity index (χ1) is 9.83. The molecular weight excluding hydrogens is 269 g/mol. The molecule has 1 aliphatic carbocycles. The van der Waals surface area contributed by atoms with Gasteiger partial charge in [-0.05, 0) is 50.3 Å². The normalized spacial score (nSPS) is 18.5. The predicted octanol–water partition coefficient (Wildman–Crippen LogP) is 2.61. The molecule has 4 nitrogen and oxygen atoms in total. The quantitative estimate of drug-likeness (QED) is 0.924. The van der Waals surface area contributed by atoms with Crippen LogP contribution in [0.15, 0.2) is 16.9 Å². The van der Waals surface area contributed by atoms with Crippen molar-refractivity contribution in [3.63, 3.8) is 0 Å². The molecule has 1 heterocycles. The van der Waals surface area contributed by atoms with Crippen molar-refractivity contribution in [3.05, 3.63) is 39.4 Å². The molecule has 0 aliphatic heterocycles. The summed E-state index contributed by atoms with van der Waals surface area (Å²) in [4.78, 5) is 17.1. The van der Waals surface area contributed by atoms with Gasteiger partial charge in [0.15, 0.2) is 5.67 Å². The summed E-state index contributed by atoms with van der Waals surface area (Å²) in [6.45, 7) is 3.77. The maximum absolute atomic E-state index is 14.8. The number of benzene rings is 1. The number of alkyl halides is 1. The Morgan fingerprint density at radius 3 is 2.62 bits per heavy atom. The molecule has 1 aromatic heterocycles. The Labute approximate surface area is 122 Å². The first-order valence-corrected chi connectivity index (χ1v) is 7.30. The van der Waals surface area contributed by atoms with Crippen molar-refractivity contribution >= 4 is 10.9 Å². The Balaban J connectivity index is 2.39. The Bertz CT molecular complexity index is 775. The van der Waals surface area contributed by atoms with Crippen LogP contribution in [-0.2, 0) is 12.7 Å². The Hall–Kier alpha value is -1.75. The van der Waals surface area contributed by atoms with E-state index in [-0.39, 0.29) is 17.4 Å². The summed E-state index contributed by atoms with van der Waals surface area (Å²) in [5.41, 5.74) is 6.62. The third-order valence-electron chi connectivity index (χ3n) is 4.39. The van der Waals surface area contributed by atoms with E-state index in [1.54, 1.807) is 13.1 Å². The minimum Gasteiger partial charge on any atom is -0.324 e. The minimum atomic E-state index is -1.47. The Morgan fingerprint density at radius 2 is 2.10 bits per heavy atom. The van der Waals surface area contributed by atoms with Gasteiger partial charge < -0.3 is 5.73 Å². The van der Waals surface area contributed by atoms with Gasteiger partial charge >= 0.3 is 0 Å². The largest absolute Gasteiger partial charge is 0.324 e. The van der Waals surface area contributed by atoms with E-state index in [0.717, 1.165) is 17.5 Å². The molecule has 1 unspecified atom stereocenters. The average molecular weight is 289 g/mol. The van der Waals surface area contributed by atoms with Gasteiger partial charge in [0.25, 0.3) is 5.56 Å². The molecule has 112 valence electrons. The van der Waals surface area contributed by atoms with Gasteiger partial charge in [0.1, 0.15) is 5.82 Å². The summed E-state index contributed by atoms with van der Waals surface area (Å²) in [5.74, 6) is 0.233. The lowest BCUT2D eigenvalue weighted by molar-refractivity contribution is 0.0465. The zero-order valence-corrected chi connectivity index (χ0v) is 12.6. The van der Waals surface area contributed by atoms with Gasteiger partial charge in [-0.15, -0.1) is 0 Å². The molecule has 0 bridgehead atoms. The van der Waals surface area contributed by atoms with Crippen molar-refractivity contribution in [1.29, 1.82) is 0 Å². The highest BCUT2D eigenvalue weighted by Gasteiger charge is 2.42. The van der Waals surface area contributed by atoms with Gasteiger partial charge in [0.05, 0.1) is 10.9 Å². The number of hydrogen-bond donors (Lipinski definition) is 1. The molecule has 5 heteroatoms. The summed E-state index contributed by atoms with van der Waals surface area (Å²) in [5, 5.41) is 0.511. The molecule has 0 saturated heterocycles. The number of halogens is 1. The van der Waals surface area contributed by atoms with Gasteiger partial charge in [0, 0.05) is 13.1 Å². The first-order valence-electron chi connectivity index (χ1n) is 7.30. The van der Waals surface area contributed by atoms with E-state index in [2.05, 4.69) is 4.98 Å². The summed E-state index contributed by atoms with van der Waals surface area (Å²) >= 11 is 0. The minimum absolute atomic E-state index is 0.204. The summed E-state index contributed by atoms with van der Waals surface area (Å²) < 4.78 is 16.1. The van der Waals surface area contributed by atoms with E-state index in [0.29, 0.717) is 23.7 Å². The molecule has 1 aliphatic rings. The topological polar surface area (TPSA) is 60.9 Å². The smallest absolute Gasteiger partial charge is 0.261 e. The van der Waals surface area contributed by atoms with Gasteiger partial charge in [-0.3, -0.25) is 9.36 Å². The number of fused-ring (bicyclic) bond motifs is 1. The lowest BCUT2D eigenvalue weighted by Crippen LogP contribution is -2.37. The fourth-order valence-corrected chi connectivity index (χ4v) is 3.01. The maximum atomic E-state index is 14.8. The number of rotatable bonds is 2. The molecule has 0 radical (unpaired) electrons. The van der Waals surface area contributed by atoms with Crippen molar-refractivity contribution in [3.8, 4) is 0 Å². The van der Waals surface area contributed by atoms with Crippen molar-refractivity contribution < 1.29 is 4.39 Å². The molecule has 21 heavy (non-hydrogen) atoms. The van der Waals surface area contributed by atoms with Crippen LogP contribution in [0.2, 0.25) is 0 Å². The van der Waals surface area contributed by atoms with Crippen LogP contribution in [0.3, 0.4) is 0 Å². The highest BCUT2D eigenvalue weighted by Crippen LogP contribution is 2.44. The molecule has 2 aromatic rings. The molecule has 1 saturated carbocycles. The molecular formula is C16H20FN3O. The van der Waals surface area contributed by atoms with Gasteiger partial charge in [-0.1, -0.05) is 6.07 Å². The Kier molecular flexibility index (Phi) is 3.13. The average Bonchev–Trinajstić information content (AvgIpc) is 2.39. The molecule has 1 fully saturated rings. The van der Waals surface area contributed by atoms with Gasteiger partial charge in [-0.2, -0.15) is 0 Å². The standard InChI is InChI=1S/C16H20FN3O/c1-9-7-11(10(2)18)13-12(8-9)14(21)20(3)15(19-13)16(17)5-4-6-16/h7-8,10H,4-6,18H2,1-3H3. The zero-order valence-electron chi connectivity index (χ0n) is 12.6. The van der Waals surface area contributed by atoms with E-state index >= 15 is 0 Å². The fourth-order valence-electron chi connectivity index (χ4n) is 3.01. The number of nitrogens with two attached hydrogens (primary N) is 1. The van der Waals surface area contributed by atoms with Gasteiger partial charge in [0.2, 0.25) is 0 Å². The van der Waals surface area contributed by atoms with Crippen molar-refractivity contribution in [1.82, 2.24) is 9.55 Å². The third kappa shape index (κ3) is 2.07. The molecule has 0 spiro atoms. The number of aryl methyl sites for hydroxylation is 1. The second-order valence-electron chi connectivity index (χ2n) is 6.16. The van der Waals surface area contributed by atoms with Gasteiger partial charge in [-0.25, -0.2) is 9.37 Å². The highest BCUT2D eigenvalue weighted by atomic mass is 19.1. The van der Waals surface area contributed by atoms with E-state index in [4.69, 9.17) is 5.73 Å². The van der Waals surface area contributed by atoms with Crippen molar-refractivity contribution in [2.24, 2.45) is 12.8 Å². The monoisotopic (exact) mass is 289 g/mol. The molecule has 1 aromatic carbocycles. The zero-order chi connectivity index (χ0) is 15.4. The van der Waals surface area contributed by atoms with Crippen LogP contribution >= 0.6 is 0 Å². The van der Waals surface area contributed by atoms with Crippen LogP contribution in [0.1, 0.15) is 49.2 Å². The summed E-state index contributed by atoms with van der Waals surface area (Å²) in [6.07, 6.45) is 1.69. The molecule has 3 rings (SSSR count). The highest BCUT2D eigenvalue weighted by molar-refractivity contribution is 5.82. The number of aromatic nitrogens is 2. The second kappa shape index (κ2) is 4.63. The predicted molar refractivity (Wildman–Crippen MR) is 81.0 cm³/mol. The van der Waals surface area contributed by atoms with Crippen LogP contribution in [0, 0.1) is 6.92 Å². The summed E-state index contributed by atoms with van der Waals surface area (Å²) in [7, 11) is 1.59. The van der Waals surface area contributed by atoms with E-state index in [1.807, 2.05) is 19.9 Å². The van der Waals surface area contributed by atoms with Crippen molar-refractivity contribution in [2.75, 3.05) is 0 Å². The van der Waals surface area contributed by atoms with Crippen LogP contribution in [0.4, 0.5) is 4.39 Å². The van der Waals surface area contributed by atoms with E-state index in [1.165, 1.54) is 4.57 Å². The lowest BCUT2D eigenvalue weighted by atomic mass is 9.81. The van der Waals surface area contributed by atoms with E-state index < -0.39 is 5.67 Å².